The molecule has 1 amide bonds. The average Bonchev–Trinajstić information content (AvgIpc) is 3.28. The van der Waals surface area contributed by atoms with Crippen LogP contribution in [-0.4, -0.2) is 42.6 Å². The Morgan fingerprint density at radius 1 is 1.20 bits per heavy atom. The van der Waals surface area contributed by atoms with Crippen LogP contribution in [0.2, 0.25) is 0 Å². The van der Waals surface area contributed by atoms with E-state index in [2.05, 4.69) is 5.32 Å². The van der Waals surface area contributed by atoms with Gasteiger partial charge in [-0.15, -0.1) is 0 Å². The molecule has 1 aromatic rings. The van der Waals surface area contributed by atoms with E-state index in [1.165, 1.54) is 12.1 Å². The number of alkyl halides is 3. The van der Waals surface area contributed by atoms with Crippen LogP contribution in [0.5, 0.6) is 0 Å². The second kappa shape index (κ2) is 7.74. The fourth-order valence-electron chi connectivity index (χ4n) is 3.06. The number of benzene rings is 1. The maximum absolute atomic E-state index is 12.6. The van der Waals surface area contributed by atoms with Gasteiger partial charge in [0.2, 0.25) is 5.91 Å². The van der Waals surface area contributed by atoms with E-state index in [4.69, 9.17) is 4.74 Å². The van der Waals surface area contributed by atoms with Crippen LogP contribution < -0.4 is 5.32 Å². The van der Waals surface area contributed by atoms with Gasteiger partial charge in [0.1, 0.15) is 0 Å². The zero-order valence-corrected chi connectivity index (χ0v) is 14.0. The highest BCUT2D eigenvalue weighted by Gasteiger charge is 2.32. The Kier molecular flexibility index (Phi) is 5.64. The van der Waals surface area contributed by atoms with Crippen LogP contribution in [0, 0.1) is 0 Å². The molecular formula is C18H23F3N2O2. The topological polar surface area (TPSA) is 41.6 Å². The molecule has 0 radical (unpaired) electrons. The van der Waals surface area contributed by atoms with Crippen molar-refractivity contribution >= 4 is 5.91 Å². The highest BCUT2D eigenvalue weighted by molar-refractivity contribution is 5.78. The van der Waals surface area contributed by atoms with Gasteiger partial charge in [0.15, 0.2) is 0 Å². The first-order valence-corrected chi connectivity index (χ1v) is 8.70. The summed E-state index contributed by atoms with van der Waals surface area (Å²) >= 11 is 0. The zero-order chi connectivity index (χ0) is 17.9. The monoisotopic (exact) mass is 356 g/mol. The first-order chi connectivity index (χ1) is 11.9. The third-order valence-corrected chi connectivity index (χ3v) is 4.63. The molecule has 3 rings (SSSR count). The Morgan fingerprint density at radius 2 is 1.92 bits per heavy atom. The number of carbonyl (C=O) groups is 1. The minimum absolute atomic E-state index is 0.0608. The molecule has 1 aliphatic heterocycles. The Hall–Kier alpha value is -1.60. The maximum Gasteiger partial charge on any atom is 0.416 e. The van der Waals surface area contributed by atoms with Crippen LogP contribution in [0.1, 0.15) is 36.8 Å². The van der Waals surface area contributed by atoms with Gasteiger partial charge in [0.05, 0.1) is 18.2 Å². The first kappa shape index (κ1) is 18.2. The van der Waals surface area contributed by atoms with E-state index < -0.39 is 11.7 Å². The van der Waals surface area contributed by atoms with Gasteiger partial charge >= 0.3 is 6.18 Å². The number of amides is 1. The summed E-state index contributed by atoms with van der Waals surface area (Å²) in [6, 6.07) is 5.51. The molecule has 1 heterocycles. The molecule has 1 aromatic carbocycles. The van der Waals surface area contributed by atoms with Crippen molar-refractivity contribution in [3.05, 3.63) is 35.4 Å². The molecule has 0 unspecified atom stereocenters. The zero-order valence-electron chi connectivity index (χ0n) is 14.0. The summed E-state index contributed by atoms with van der Waals surface area (Å²) in [5.74, 6) is -0.0608. The molecule has 1 aliphatic carbocycles. The van der Waals surface area contributed by atoms with Crippen molar-refractivity contribution in [2.24, 2.45) is 0 Å². The Labute approximate surface area is 145 Å². The number of hydrogen-bond acceptors (Lipinski definition) is 3. The summed E-state index contributed by atoms with van der Waals surface area (Å²) in [7, 11) is 0. The molecular weight excluding hydrogens is 333 g/mol. The highest BCUT2D eigenvalue weighted by Crippen LogP contribution is 2.31. The molecule has 7 heteroatoms. The van der Waals surface area contributed by atoms with Crippen LogP contribution >= 0.6 is 0 Å². The van der Waals surface area contributed by atoms with E-state index >= 15 is 0 Å². The predicted molar refractivity (Wildman–Crippen MR) is 86.9 cm³/mol. The second-order valence-corrected chi connectivity index (χ2v) is 6.77. The van der Waals surface area contributed by atoms with Crippen molar-refractivity contribution < 1.29 is 22.7 Å². The number of nitrogens with one attached hydrogen (secondary N) is 1. The van der Waals surface area contributed by atoms with E-state index in [0.29, 0.717) is 19.1 Å². The number of ether oxygens (including phenoxy) is 1. The van der Waals surface area contributed by atoms with Crippen molar-refractivity contribution in [1.29, 1.82) is 0 Å². The van der Waals surface area contributed by atoms with Crippen molar-refractivity contribution in [2.45, 2.75) is 50.6 Å². The largest absolute Gasteiger partial charge is 0.416 e. The molecule has 0 aromatic heterocycles. The van der Waals surface area contributed by atoms with Gasteiger partial charge in [-0.05, 0) is 43.4 Å². The summed E-state index contributed by atoms with van der Waals surface area (Å²) < 4.78 is 43.4. The summed E-state index contributed by atoms with van der Waals surface area (Å²) in [5, 5.41) is 2.90. The lowest BCUT2D eigenvalue weighted by Gasteiger charge is -2.22. The predicted octanol–water partition coefficient (Wildman–Crippen LogP) is 2.97. The number of nitrogens with zero attached hydrogens (tertiary/aromatic N) is 1. The lowest BCUT2D eigenvalue weighted by atomic mass is 10.1. The lowest BCUT2D eigenvalue weighted by molar-refractivity contribution is -0.137. The standard InChI is InChI=1S/C18H23F3N2O2/c19-18(20,21)14-5-3-13(4-6-14)11-23(15-7-8-15)12-17(24)22-10-16-2-1-9-25-16/h3-6,15-16H,1-2,7-12H2,(H,22,24)/t16-/m1/s1. The summed E-state index contributed by atoms with van der Waals surface area (Å²) in [5.41, 5.74) is 0.135. The fourth-order valence-corrected chi connectivity index (χ4v) is 3.06. The number of rotatable bonds is 7. The van der Waals surface area contributed by atoms with Gasteiger partial charge < -0.3 is 10.1 Å². The smallest absolute Gasteiger partial charge is 0.376 e. The van der Waals surface area contributed by atoms with E-state index in [0.717, 1.165) is 50.0 Å². The molecule has 1 saturated heterocycles. The molecule has 0 bridgehead atoms. The van der Waals surface area contributed by atoms with E-state index in [1.54, 1.807) is 0 Å². The van der Waals surface area contributed by atoms with E-state index in [-0.39, 0.29) is 18.6 Å². The summed E-state index contributed by atoms with van der Waals surface area (Å²) in [6.45, 7) is 2.02. The highest BCUT2D eigenvalue weighted by atomic mass is 19.4. The lowest BCUT2D eigenvalue weighted by Crippen LogP contribution is -2.40. The average molecular weight is 356 g/mol. The molecule has 1 N–H and O–H groups in total. The van der Waals surface area contributed by atoms with Crippen molar-refractivity contribution in [3.8, 4) is 0 Å². The molecule has 0 spiro atoms. The first-order valence-electron chi connectivity index (χ1n) is 8.70. The van der Waals surface area contributed by atoms with Crippen LogP contribution in [0.3, 0.4) is 0 Å². The van der Waals surface area contributed by atoms with Gasteiger partial charge in [-0.25, -0.2) is 0 Å². The third kappa shape index (κ3) is 5.44. The number of hydrogen-bond donors (Lipinski definition) is 1. The summed E-state index contributed by atoms with van der Waals surface area (Å²) in [6.07, 6.45) is -0.162. The molecule has 138 valence electrons. The van der Waals surface area contributed by atoms with Crippen molar-refractivity contribution in [2.75, 3.05) is 19.7 Å². The number of halogens is 3. The van der Waals surface area contributed by atoms with Crippen LogP contribution in [0.15, 0.2) is 24.3 Å². The molecule has 1 atom stereocenters. The van der Waals surface area contributed by atoms with E-state index in [9.17, 15) is 18.0 Å². The van der Waals surface area contributed by atoms with Gasteiger partial charge in [-0.3, -0.25) is 9.69 Å². The maximum atomic E-state index is 12.6. The van der Waals surface area contributed by atoms with Crippen LogP contribution in [0.25, 0.3) is 0 Å². The molecule has 2 fully saturated rings. The van der Waals surface area contributed by atoms with Gasteiger partial charge in [-0.2, -0.15) is 13.2 Å². The quantitative estimate of drug-likeness (QED) is 0.817. The third-order valence-electron chi connectivity index (χ3n) is 4.63. The minimum atomic E-state index is -4.32. The van der Waals surface area contributed by atoms with Gasteiger partial charge in [0, 0.05) is 25.7 Å². The minimum Gasteiger partial charge on any atom is -0.376 e. The van der Waals surface area contributed by atoms with Crippen molar-refractivity contribution in [3.63, 3.8) is 0 Å². The van der Waals surface area contributed by atoms with Crippen LogP contribution in [0.4, 0.5) is 13.2 Å². The van der Waals surface area contributed by atoms with Crippen molar-refractivity contribution in [1.82, 2.24) is 10.2 Å². The van der Waals surface area contributed by atoms with Gasteiger partial charge in [-0.1, -0.05) is 12.1 Å². The molecule has 1 saturated carbocycles. The Morgan fingerprint density at radius 3 is 2.48 bits per heavy atom. The second-order valence-electron chi connectivity index (χ2n) is 6.77. The summed E-state index contributed by atoms with van der Waals surface area (Å²) in [4.78, 5) is 14.2. The Balaban J connectivity index is 1.51. The van der Waals surface area contributed by atoms with Gasteiger partial charge in [0.25, 0.3) is 0 Å². The normalized spacial score (nSPS) is 20.9. The molecule has 2 aliphatic rings. The molecule has 25 heavy (non-hydrogen) atoms. The molecule has 4 nitrogen and oxygen atoms in total. The number of carbonyl (C=O) groups excluding carboxylic acids is 1. The Bertz CT molecular complexity index is 579. The van der Waals surface area contributed by atoms with Crippen LogP contribution in [-0.2, 0) is 22.3 Å². The SMILES string of the molecule is O=C(CN(Cc1ccc(C(F)(F)F)cc1)C1CC1)NC[C@H]1CCCO1. The van der Waals surface area contributed by atoms with E-state index in [1.807, 2.05) is 4.90 Å². The fraction of sp³-hybridized carbons (Fsp3) is 0.611.